The van der Waals surface area contributed by atoms with Crippen molar-refractivity contribution in [1.29, 1.82) is 0 Å². The first-order valence-corrected chi connectivity index (χ1v) is 8.32. The van der Waals surface area contributed by atoms with Gasteiger partial charge in [-0.3, -0.25) is 14.2 Å². The molecule has 8 heteroatoms. The van der Waals surface area contributed by atoms with E-state index in [4.69, 9.17) is 4.74 Å². The normalized spacial score (nSPS) is 15.2. The molecule has 0 unspecified atom stereocenters. The maximum absolute atomic E-state index is 12.4. The molecule has 0 aromatic carbocycles. The lowest BCUT2D eigenvalue weighted by atomic mass is 9.98. The van der Waals surface area contributed by atoms with Gasteiger partial charge in [0.1, 0.15) is 6.54 Å². The Morgan fingerprint density at radius 1 is 1.24 bits per heavy atom. The van der Waals surface area contributed by atoms with Crippen LogP contribution in [0.2, 0.25) is 0 Å². The van der Waals surface area contributed by atoms with Gasteiger partial charge in [0.05, 0.1) is 12.9 Å². The van der Waals surface area contributed by atoms with Gasteiger partial charge in [-0.05, 0) is 31.7 Å². The quantitative estimate of drug-likeness (QED) is 0.792. The first kappa shape index (κ1) is 17.1. The van der Waals surface area contributed by atoms with Gasteiger partial charge in [0.25, 0.3) is 5.56 Å². The smallest absolute Gasteiger partial charge is 0.316 e. The number of ether oxygens (including phenoxy) is 1. The zero-order chi connectivity index (χ0) is 17.6. The summed E-state index contributed by atoms with van der Waals surface area (Å²) in [5.41, 5.74) is 0.448. The second-order valence-electron chi connectivity index (χ2n) is 6.16. The first-order valence-electron chi connectivity index (χ1n) is 8.32. The summed E-state index contributed by atoms with van der Waals surface area (Å²) in [6.07, 6.45) is 6.44. The predicted molar refractivity (Wildman–Crippen MR) is 90.1 cm³/mol. The molecule has 0 radical (unpaired) electrons. The summed E-state index contributed by atoms with van der Waals surface area (Å²) >= 11 is 0. The van der Waals surface area contributed by atoms with Crippen LogP contribution < -0.4 is 10.3 Å². The molecule has 0 aliphatic carbocycles. The number of carbonyl (C=O) groups is 1. The van der Waals surface area contributed by atoms with Crippen molar-refractivity contribution >= 4 is 5.91 Å². The molecule has 3 rings (SSSR count). The van der Waals surface area contributed by atoms with Crippen LogP contribution in [0.25, 0.3) is 0 Å². The highest BCUT2D eigenvalue weighted by Gasteiger charge is 2.23. The third kappa shape index (κ3) is 4.62. The number of likely N-dealkylation sites (tertiary alicyclic amines) is 1. The van der Waals surface area contributed by atoms with Crippen molar-refractivity contribution < 1.29 is 9.53 Å². The SMILES string of the molecule is Cc1cc(=O)n(CC(=O)N2CCC(COc3ncccn3)CC2)cn1. The lowest BCUT2D eigenvalue weighted by Gasteiger charge is -2.31. The van der Waals surface area contributed by atoms with E-state index in [9.17, 15) is 9.59 Å². The van der Waals surface area contributed by atoms with E-state index < -0.39 is 0 Å². The maximum atomic E-state index is 12.4. The highest BCUT2D eigenvalue weighted by Crippen LogP contribution is 2.18. The molecule has 2 aromatic rings. The number of carbonyl (C=O) groups excluding carboxylic acids is 1. The first-order chi connectivity index (χ1) is 12.1. The van der Waals surface area contributed by atoms with Crippen LogP contribution in [0.5, 0.6) is 6.01 Å². The molecular weight excluding hydrogens is 322 g/mol. The Morgan fingerprint density at radius 3 is 2.64 bits per heavy atom. The maximum Gasteiger partial charge on any atom is 0.316 e. The van der Waals surface area contributed by atoms with Gasteiger partial charge in [-0.2, -0.15) is 0 Å². The van der Waals surface area contributed by atoms with Gasteiger partial charge in [0.15, 0.2) is 0 Å². The molecule has 0 saturated carbocycles. The van der Waals surface area contributed by atoms with E-state index in [2.05, 4.69) is 15.0 Å². The summed E-state index contributed by atoms with van der Waals surface area (Å²) in [7, 11) is 0. The Balaban J connectivity index is 1.46. The molecule has 0 N–H and O–H groups in total. The molecule has 132 valence electrons. The highest BCUT2D eigenvalue weighted by atomic mass is 16.5. The van der Waals surface area contributed by atoms with E-state index in [1.165, 1.54) is 17.0 Å². The van der Waals surface area contributed by atoms with Crippen LogP contribution in [0, 0.1) is 12.8 Å². The summed E-state index contributed by atoms with van der Waals surface area (Å²) in [4.78, 5) is 38.2. The predicted octanol–water partition coefficient (Wildman–Crippen LogP) is 0.659. The van der Waals surface area contributed by atoms with Crippen LogP contribution in [0.15, 0.2) is 35.6 Å². The fourth-order valence-corrected chi connectivity index (χ4v) is 2.78. The van der Waals surface area contributed by atoms with Crippen LogP contribution in [0.1, 0.15) is 18.5 Å². The van der Waals surface area contributed by atoms with E-state index in [1.54, 1.807) is 30.3 Å². The summed E-state index contributed by atoms with van der Waals surface area (Å²) < 4.78 is 6.93. The Morgan fingerprint density at radius 2 is 1.96 bits per heavy atom. The number of aryl methyl sites for hydroxylation is 1. The molecule has 1 aliphatic rings. The summed E-state index contributed by atoms with van der Waals surface area (Å²) in [6.45, 7) is 3.66. The largest absolute Gasteiger partial charge is 0.463 e. The van der Waals surface area contributed by atoms with Crippen molar-refractivity contribution in [2.75, 3.05) is 19.7 Å². The molecule has 0 atom stereocenters. The standard InChI is InChI=1S/C17H21N5O3/c1-13-9-15(23)22(12-20-13)10-16(24)21-7-3-14(4-8-21)11-25-17-18-5-2-6-19-17/h2,5-6,9,12,14H,3-4,7-8,10-11H2,1H3. The second-order valence-corrected chi connectivity index (χ2v) is 6.16. The lowest BCUT2D eigenvalue weighted by molar-refractivity contribution is -0.133. The number of hydrogen-bond donors (Lipinski definition) is 0. The third-order valence-corrected chi connectivity index (χ3v) is 4.28. The van der Waals surface area contributed by atoms with Crippen LogP contribution in [0.3, 0.4) is 0 Å². The van der Waals surface area contributed by atoms with Crippen molar-refractivity contribution in [3.05, 3.63) is 46.9 Å². The fourth-order valence-electron chi connectivity index (χ4n) is 2.78. The molecule has 8 nitrogen and oxygen atoms in total. The van der Waals surface area contributed by atoms with Crippen LogP contribution >= 0.6 is 0 Å². The number of hydrogen-bond acceptors (Lipinski definition) is 6. The minimum Gasteiger partial charge on any atom is -0.463 e. The van der Waals surface area contributed by atoms with E-state index in [0.717, 1.165) is 12.8 Å². The highest BCUT2D eigenvalue weighted by molar-refractivity contribution is 5.76. The summed E-state index contributed by atoms with van der Waals surface area (Å²) in [5, 5.41) is 0. The van der Waals surface area contributed by atoms with Crippen LogP contribution in [0.4, 0.5) is 0 Å². The van der Waals surface area contributed by atoms with Crippen LogP contribution in [-0.4, -0.2) is 50.0 Å². The van der Waals surface area contributed by atoms with Crippen molar-refractivity contribution in [2.45, 2.75) is 26.3 Å². The molecule has 1 fully saturated rings. The second kappa shape index (κ2) is 7.87. The van der Waals surface area contributed by atoms with Gasteiger partial charge in [-0.25, -0.2) is 15.0 Å². The average molecular weight is 343 g/mol. The average Bonchev–Trinajstić information content (AvgIpc) is 2.63. The Kier molecular flexibility index (Phi) is 5.37. The van der Waals surface area contributed by atoms with E-state index in [-0.39, 0.29) is 18.0 Å². The van der Waals surface area contributed by atoms with E-state index in [0.29, 0.717) is 37.3 Å². The third-order valence-electron chi connectivity index (χ3n) is 4.28. The van der Waals surface area contributed by atoms with E-state index >= 15 is 0 Å². The van der Waals surface area contributed by atoms with Crippen molar-refractivity contribution in [3.63, 3.8) is 0 Å². The van der Waals surface area contributed by atoms with Gasteiger partial charge >= 0.3 is 6.01 Å². The van der Waals surface area contributed by atoms with Crippen molar-refractivity contribution in [1.82, 2.24) is 24.4 Å². The Labute approximate surface area is 145 Å². The minimum absolute atomic E-state index is 0.0329. The Bertz CT molecular complexity index is 769. The number of amides is 1. The molecule has 1 aliphatic heterocycles. The summed E-state index contributed by atoms with van der Waals surface area (Å²) in [5.74, 6) is 0.315. The fraction of sp³-hybridized carbons (Fsp3) is 0.471. The van der Waals surface area contributed by atoms with Crippen molar-refractivity contribution in [2.24, 2.45) is 5.92 Å². The number of nitrogens with zero attached hydrogens (tertiary/aromatic N) is 5. The van der Waals surface area contributed by atoms with Gasteiger partial charge in [0.2, 0.25) is 5.91 Å². The molecule has 25 heavy (non-hydrogen) atoms. The number of rotatable bonds is 5. The molecule has 2 aromatic heterocycles. The van der Waals surface area contributed by atoms with Gasteiger partial charge < -0.3 is 9.64 Å². The van der Waals surface area contributed by atoms with Gasteiger partial charge in [0, 0.05) is 37.2 Å². The molecular formula is C17H21N5O3. The van der Waals surface area contributed by atoms with Crippen molar-refractivity contribution in [3.8, 4) is 6.01 Å². The zero-order valence-electron chi connectivity index (χ0n) is 14.2. The molecule has 1 amide bonds. The molecule has 0 bridgehead atoms. The zero-order valence-corrected chi connectivity index (χ0v) is 14.2. The lowest BCUT2D eigenvalue weighted by Crippen LogP contribution is -2.42. The number of piperidine rings is 1. The van der Waals surface area contributed by atoms with Gasteiger partial charge in [-0.15, -0.1) is 0 Å². The molecule has 0 spiro atoms. The minimum atomic E-state index is -0.202. The molecule has 1 saturated heterocycles. The van der Waals surface area contributed by atoms with Gasteiger partial charge in [-0.1, -0.05) is 0 Å². The Hall–Kier alpha value is -2.77. The topological polar surface area (TPSA) is 90.2 Å². The monoisotopic (exact) mass is 343 g/mol. The molecule has 3 heterocycles. The van der Waals surface area contributed by atoms with Crippen LogP contribution in [-0.2, 0) is 11.3 Å². The van der Waals surface area contributed by atoms with E-state index in [1.807, 2.05) is 0 Å². The number of aromatic nitrogens is 4. The summed E-state index contributed by atoms with van der Waals surface area (Å²) in [6, 6.07) is 3.56.